The number of benzene rings is 1. The Morgan fingerprint density at radius 3 is 0.886 bits per heavy atom. The van der Waals surface area contributed by atoms with Crippen molar-refractivity contribution in [2.75, 3.05) is 0 Å². The molecule has 0 aliphatic carbocycles. The average Bonchev–Trinajstić information content (AvgIpc) is 2.43. The fourth-order valence-electron chi connectivity index (χ4n) is 0.891. The molecule has 28 heteroatoms. The molecule has 0 spiro atoms. The van der Waals surface area contributed by atoms with Crippen molar-refractivity contribution in [3.05, 3.63) is 35.9 Å². The number of rotatable bonds is 8. The fourth-order valence-corrected chi connectivity index (χ4v) is 4.28. The van der Waals surface area contributed by atoms with Crippen LogP contribution in [0.15, 0.2) is 30.3 Å². The number of aryl methyl sites for hydroxylation is 1. The molecule has 0 aromatic heterocycles. The van der Waals surface area contributed by atoms with Gasteiger partial charge in [-0.15, -0.1) is 0 Å². The predicted octanol–water partition coefficient (Wildman–Crippen LogP) is 1.30. The minimum atomic E-state index is -5.25. The van der Waals surface area contributed by atoms with Crippen LogP contribution in [-0.4, -0.2) is 0 Å². The Balaban J connectivity index is -0.0000000487. The summed E-state index contributed by atoms with van der Waals surface area (Å²) >= 11 is 0. The van der Waals surface area contributed by atoms with Crippen LogP contribution in [0.2, 0.25) is 0 Å². The van der Waals surface area contributed by atoms with Crippen LogP contribution in [0.5, 0.6) is 0 Å². The molecule has 22 nitrogen and oxygen atoms in total. The molecule has 1 aromatic rings. The lowest BCUT2D eigenvalue weighted by Crippen LogP contribution is -2.06. The van der Waals surface area contributed by atoms with Crippen molar-refractivity contribution in [3.8, 4) is 0 Å². The first-order valence-electron chi connectivity index (χ1n) is 6.06. The Labute approximate surface area is 202 Å². The highest BCUT2D eigenvalue weighted by Gasteiger charge is 2.27. The number of quaternary nitrogens is 6. The first-order chi connectivity index (χ1) is 13.1. The predicted molar refractivity (Wildman–Crippen MR) is 117 cm³/mol. The van der Waals surface area contributed by atoms with Gasteiger partial charge in [0.05, 0.1) is 0 Å². The van der Waals surface area contributed by atoms with Gasteiger partial charge in [0, 0.05) is 0 Å². The Bertz CT molecular complexity index is 729. The molecule has 4 unspecified atom stereocenters. The molecule has 1 aromatic carbocycles. The van der Waals surface area contributed by atoms with Crippen LogP contribution in [-0.2, 0) is 44.6 Å². The third kappa shape index (κ3) is 43.9. The minimum absolute atomic E-state index is 0. The van der Waals surface area contributed by atoms with E-state index >= 15 is 0 Å². The van der Waals surface area contributed by atoms with Crippen LogP contribution in [0, 0.1) is 6.92 Å². The molecule has 0 radical (unpaired) electrons. The summed E-state index contributed by atoms with van der Waals surface area (Å²) in [5.41, 5.74) is 1.32. The van der Waals surface area contributed by atoms with E-state index in [1.807, 2.05) is 18.2 Å². The quantitative estimate of drug-likeness (QED) is 0.217. The standard InChI is InChI=1S/C7H8.6H3N.2HO8P3/c1-7-5-3-2-4-6-7;;;;;;;2*1-9(2)7-11(5,6)8-10(3)4/h2-6H,1H3;6*1H3;2*(H,5,6)/p+4. The first-order valence-corrected chi connectivity index (χ1v) is 13.4. The fraction of sp³-hybridized carbons (Fsp3) is 0.143. The molecule has 35 heavy (non-hydrogen) atoms. The van der Waals surface area contributed by atoms with Crippen LogP contribution in [0.4, 0.5) is 0 Å². The summed E-state index contributed by atoms with van der Waals surface area (Å²) in [6.07, 6.45) is 0. The van der Waals surface area contributed by atoms with Crippen molar-refractivity contribution in [1.82, 2.24) is 36.9 Å². The summed E-state index contributed by atoms with van der Waals surface area (Å²) in [6.45, 7) is 2.08. The largest absolute Gasteiger partial charge is 0.750 e. The Kier molecular flexibility index (Phi) is 44.1. The average molecular weight is 642 g/mol. The van der Waals surface area contributed by atoms with Gasteiger partial charge in [0.2, 0.25) is 0 Å². The smallest absolute Gasteiger partial charge is 0.496 e. The van der Waals surface area contributed by atoms with Crippen LogP contribution < -0.4 is 66.3 Å². The van der Waals surface area contributed by atoms with Gasteiger partial charge in [-0.1, -0.05) is 53.1 Å². The second-order valence-corrected chi connectivity index (χ2v) is 9.96. The molecule has 0 amide bonds. The highest BCUT2D eigenvalue weighted by Crippen LogP contribution is 2.51. The van der Waals surface area contributed by atoms with Gasteiger partial charge in [0.25, 0.3) is 0 Å². The van der Waals surface area contributed by atoms with E-state index in [4.69, 9.17) is 0 Å². The number of hydrogen-bond donors (Lipinski definition) is 6. The Morgan fingerprint density at radius 2 is 0.771 bits per heavy atom. The first kappa shape index (κ1) is 55.1. The third-order valence-corrected chi connectivity index (χ3v) is 6.94. The van der Waals surface area contributed by atoms with Crippen LogP contribution >= 0.6 is 48.7 Å². The Morgan fingerprint density at radius 1 is 0.571 bits per heavy atom. The molecule has 0 saturated heterocycles. The number of phosphoric acid groups is 2. The molecular formula is C7H32N6O16P6+4. The van der Waals surface area contributed by atoms with E-state index in [2.05, 4.69) is 36.3 Å². The summed E-state index contributed by atoms with van der Waals surface area (Å²) in [7, 11) is -25.2. The van der Waals surface area contributed by atoms with Crippen molar-refractivity contribution in [3.63, 3.8) is 0 Å². The second kappa shape index (κ2) is 28.0. The lowest BCUT2D eigenvalue weighted by atomic mass is 10.2. The summed E-state index contributed by atoms with van der Waals surface area (Å²) in [5, 5.41) is 0. The summed E-state index contributed by atoms with van der Waals surface area (Å²) < 4.78 is 70.8. The van der Waals surface area contributed by atoms with Gasteiger partial charge in [-0.2, -0.15) is 0 Å². The van der Waals surface area contributed by atoms with Gasteiger partial charge in [-0.05, 0) is 25.2 Å². The van der Waals surface area contributed by atoms with Crippen molar-refractivity contribution in [2.45, 2.75) is 6.92 Å². The normalized spacial score (nSPS) is 13.6. The zero-order valence-corrected chi connectivity index (χ0v) is 25.0. The second-order valence-electron chi connectivity index (χ2n) is 3.77. The summed E-state index contributed by atoms with van der Waals surface area (Å²) in [5.74, 6) is 0. The van der Waals surface area contributed by atoms with Gasteiger partial charge in [-0.3, -0.25) is 9.13 Å². The molecular weight excluding hydrogens is 610 g/mol. The van der Waals surface area contributed by atoms with E-state index in [9.17, 15) is 56.8 Å². The van der Waals surface area contributed by atoms with Gasteiger partial charge >= 0.3 is 48.7 Å². The van der Waals surface area contributed by atoms with Gasteiger partial charge in [0.1, 0.15) is 0 Å². The van der Waals surface area contributed by atoms with E-state index in [1.165, 1.54) is 5.56 Å². The molecule has 0 aliphatic rings. The number of hydrogen-bond acceptors (Lipinski definition) is 16. The molecule has 4 atom stereocenters. The molecule has 212 valence electrons. The SMILES string of the molecule is Cc1ccccc1.O=[P+]([O-])OP(=O)([O-])O[P+](=O)[O-].O=[P+]([O-])OP(=O)([O-])O[P+](=O)[O-].[NH4+].[NH4+].[NH4+].[NH4+].[NH4+].[NH4+]. The summed E-state index contributed by atoms with van der Waals surface area (Å²) in [4.78, 5) is 58.4. The highest BCUT2D eigenvalue weighted by atomic mass is 31.3. The van der Waals surface area contributed by atoms with E-state index in [0.717, 1.165) is 0 Å². The summed E-state index contributed by atoms with van der Waals surface area (Å²) in [6, 6.07) is 10.3. The van der Waals surface area contributed by atoms with E-state index in [1.54, 1.807) is 0 Å². The molecule has 1 rings (SSSR count). The van der Waals surface area contributed by atoms with Gasteiger partial charge in [-0.25, -0.2) is 0 Å². The van der Waals surface area contributed by atoms with E-state index < -0.39 is 48.7 Å². The monoisotopic (exact) mass is 642 g/mol. The van der Waals surface area contributed by atoms with E-state index in [-0.39, 0.29) is 36.9 Å². The maximum atomic E-state index is 10.1. The molecule has 24 N–H and O–H groups in total. The lowest BCUT2D eigenvalue weighted by molar-refractivity contribution is -0.231. The molecule has 0 bridgehead atoms. The lowest BCUT2D eigenvalue weighted by Gasteiger charge is -2.08. The van der Waals surface area contributed by atoms with Crippen LogP contribution in [0.1, 0.15) is 5.56 Å². The van der Waals surface area contributed by atoms with Crippen LogP contribution in [0.3, 0.4) is 0 Å². The highest BCUT2D eigenvalue weighted by molar-refractivity contribution is 7.59. The molecule has 0 heterocycles. The van der Waals surface area contributed by atoms with E-state index in [0.29, 0.717) is 0 Å². The van der Waals surface area contributed by atoms with Gasteiger partial charge < -0.3 is 66.3 Å². The van der Waals surface area contributed by atoms with Crippen molar-refractivity contribution in [2.24, 2.45) is 0 Å². The van der Waals surface area contributed by atoms with Crippen molar-refractivity contribution < 1.29 is 74.0 Å². The third-order valence-electron chi connectivity index (χ3n) is 1.61. The molecule has 0 aliphatic heterocycles. The van der Waals surface area contributed by atoms with Crippen LogP contribution in [0.25, 0.3) is 0 Å². The van der Waals surface area contributed by atoms with Crippen molar-refractivity contribution in [1.29, 1.82) is 0 Å². The zero-order valence-electron chi connectivity index (χ0n) is 19.6. The minimum Gasteiger partial charge on any atom is -0.750 e. The maximum Gasteiger partial charge on any atom is 0.496 e. The van der Waals surface area contributed by atoms with Gasteiger partial charge in [0.15, 0.2) is 0 Å². The van der Waals surface area contributed by atoms with Crippen molar-refractivity contribution >= 4 is 48.7 Å². The maximum absolute atomic E-state index is 10.1. The zero-order chi connectivity index (χ0) is 23.3. The topological polar surface area (TPSA) is 497 Å². The molecule has 0 fully saturated rings. The Hall–Kier alpha value is -0.560. The molecule has 0 saturated carbocycles.